The number of ether oxygens (including phenoxy) is 3. The van der Waals surface area contributed by atoms with Crippen LogP contribution in [-0.4, -0.2) is 91.9 Å². The van der Waals surface area contributed by atoms with E-state index in [4.69, 9.17) is 14.2 Å². The molecule has 8 atom stereocenters. The van der Waals surface area contributed by atoms with Gasteiger partial charge < -0.3 is 14.2 Å². The summed E-state index contributed by atoms with van der Waals surface area (Å²) in [6.07, 6.45) is 1.05. The first kappa shape index (κ1) is 32.9. The molecule has 3 aliphatic heterocycles. The van der Waals surface area contributed by atoms with E-state index in [-0.39, 0.29) is 5.41 Å². The molecule has 6 rings (SSSR count). The van der Waals surface area contributed by atoms with Crippen molar-refractivity contribution in [3.05, 3.63) is 89.5 Å². The van der Waals surface area contributed by atoms with Crippen molar-refractivity contribution in [2.24, 2.45) is 11.8 Å². The second-order valence-corrected chi connectivity index (χ2v) is 14.7. The van der Waals surface area contributed by atoms with E-state index < -0.39 is 0 Å². The van der Waals surface area contributed by atoms with Gasteiger partial charge in [0.2, 0.25) is 0 Å². The Morgan fingerprint density at radius 2 is 0.935 bits per heavy atom. The molecule has 0 amide bonds. The number of hydrogen-bond acceptors (Lipinski definition) is 6. The predicted molar refractivity (Wildman–Crippen MR) is 187 cm³/mol. The highest BCUT2D eigenvalue weighted by Gasteiger charge is 2.33. The first-order valence-electron chi connectivity index (χ1n) is 17.6. The number of hydrogen-bond donors (Lipinski definition) is 0. The summed E-state index contributed by atoms with van der Waals surface area (Å²) >= 11 is 0. The SMILES string of the molecule is CC(COc1ccc(C(C)(c2ccc(OCCCN3CC3C)cc2)c2ccc(OCC(C)CN3CC3C)cc2)cc1)CN1CC1C. The molecule has 8 unspecified atom stereocenters. The number of benzene rings is 3. The van der Waals surface area contributed by atoms with Gasteiger partial charge in [-0.25, -0.2) is 0 Å². The van der Waals surface area contributed by atoms with Gasteiger partial charge in [-0.1, -0.05) is 50.2 Å². The summed E-state index contributed by atoms with van der Waals surface area (Å²) in [6.45, 7) is 22.9. The molecule has 46 heavy (non-hydrogen) atoms. The number of nitrogens with zero attached hydrogens (tertiary/aromatic N) is 3. The summed E-state index contributed by atoms with van der Waals surface area (Å²) in [5.74, 6) is 3.78. The minimum Gasteiger partial charge on any atom is -0.494 e. The molecule has 0 saturated carbocycles. The molecule has 3 aromatic rings. The molecule has 0 aliphatic carbocycles. The Hall–Kier alpha value is -3.06. The normalized spacial score (nSPS) is 27.3. The van der Waals surface area contributed by atoms with Crippen molar-refractivity contribution >= 4 is 0 Å². The van der Waals surface area contributed by atoms with E-state index in [1.165, 1.54) is 36.3 Å². The minimum absolute atomic E-state index is 0.365. The van der Waals surface area contributed by atoms with E-state index in [0.717, 1.165) is 81.2 Å². The molecule has 3 aromatic carbocycles. The van der Waals surface area contributed by atoms with Crippen molar-refractivity contribution < 1.29 is 14.2 Å². The van der Waals surface area contributed by atoms with Gasteiger partial charge in [-0.2, -0.15) is 0 Å². The molecule has 3 aliphatic rings. The van der Waals surface area contributed by atoms with E-state index in [1.54, 1.807) is 0 Å². The van der Waals surface area contributed by atoms with Gasteiger partial charge in [0.25, 0.3) is 0 Å². The van der Waals surface area contributed by atoms with Crippen LogP contribution in [0.2, 0.25) is 0 Å². The van der Waals surface area contributed by atoms with Crippen LogP contribution in [-0.2, 0) is 5.41 Å². The van der Waals surface area contributed by atoms with Crippen molar-refractivity contribution in [3.63, 3.8) is 0 Å². The molecule has 3 heterocycles. The molecule has 6 nitrogen and oxygen atoms in total. The zero-order valence-corrected chi connectivity index (χ0v) is 29.0. The van der Waals surface area contributed by atoms with E-state index in [1.807, 2.05) is 0 Å². The maximum absolute atomic E-state index is 6.23. The lowest BCUT2D eigenvalue weighted by Crippen LogP contribution is -2.25. The third kappa shape index (κ3) is 8.44. The Bertz CT molecular complexity index is 1320. The highest BCUT2D eigenvalue weighted by molar-refractivity contribution is 5.52. The summed E-state index contributed by atoms with van der Waals surface area (Å²) in [4.78, 5) is 7.47. The molecule has 0 N–H and O–H groups in total. The van der Waals surface area contributed by atoms with Gasteiger partial charge in [0, 0.05) is 74.6 Å². The van der Waals surface area contributed by atoms with E-state index in [2.05, 4.69) is 129 Å². The van der Waals surface area contributed by atoms with Gasteiger partial charge in [-0.3, -0.25) is 14.7 Å². The third-order valence-corrected chi connectivity index (χ3v) is 10.3. The van der Waals surface area contributed by atoms with Gasteiger partial charge in [0.1, 0.15) is 17.2 Å². The highest BCUT2D eigenvalue weighted by atomic mass is 16.5. The van der Waals surface area contributed by atoms with Crippen molar-refractivity contribution in [3.8, 4) is 17.2 Å². The fraction of sp³-hybridized carbons (Fsp3) is 0.550. The van der Waals surface area contributed by atoms with Crippen molar-refractivity contribution in [2.75, 3.05) is 59.1 Å². The average Bonchev–Trinajstić information content (AvgIpc) is 4.03. The highest BCUT2D eigenvalue weighted by Crippen LogP contribution is 2.40. The molecule has 0 spiro atoms. The Morgan fingerprint density at radius 3 is 1.28 bits per heavy atom. The largest absolute Gasteiger partial charge is 0.494 e. The van der Waals surface area contributed by atoms with E-state index >= 15 is 0 Å². The van der Waals surface area contributed by atoms with Gasteiger partial charge in [0.15, 0.2) is 0 Å². The molecule has 0 radical (unpaired) electrons. The minimum atomic E-state index is -0.365. The summed E-state index contributed by atoms with van der Waals surface area (Å²) in [7, 11) is 0. The Morgan fingerprint density at radius 1 is 0.587 bits per heavy atom. The predicted octanol–water partition coefficient (Wildman–Crippen LogP) is 6.95. The summed E-state index contributed by atoms with van der Waals surface area (Å²) < 4.78 is 18.6. The van der Waals surface area contributed by atoms with Gasteiger partial charge in [0.05, 0.1) is 19.8 Å². The van der Waals surface area contributed by atoms with Crippen LogP contribution in [0.1, 0.15) is 64.7 Å². The summed E-state index contributed by atoms with van der Waals surface area (Å²) in [6, 6.07) is 28.3. The molecule has 0 aromatic heterocycles. The average molecular weight is 626 g/mol. The monoisotopic (exact) mass is 625 g/mol. The van der Waals surface area contributed by atoms with Crippen molar-refractivity contribution in [2.45, 2.75) is 71.5 Å². The van der Waals surface area contributed by atoms with Crippen LogP contribution in [0, 0.1) is 11.8 Å². The first-order chi connectivity index (χ1) is 22.2. The third-order valence-electron chi connectivity index (χ3n) is 10.3. The molecule has 248 valence electrons. The summed E-state index contributed by atoms with van der Waals surface area (Å²) in [5, 5.41) is 0. The maximum atomic E-state index is 6.23. The van der Waals surface area contributed by atoms with Crippen LogP contribution in [0.3, 0.4) is 0 Å². The van der Waals surface area contributed by atoms with Crippen LogP contribution < -0.4 is 14.2 Å². The summed E-state index contributed by atoms with van der Waals surface area (Å²) in [5.41, 5.74) is 3.31. The lowest BCUT2D eigenvalue weighted by atomic mass is 9.71. The van der Waals surface area contributed by atoms with Crippen LogP contribution >= 0.6 is 0 Å². The first-order valence-corrected chi connectivity index (χ1v) is 17.6. The lowest BCUT2D eigenvalue weighted by Gasteiger charge is -2.32. The van der Waals surface area contributed by atoms with Crippen molar-refractivity contribution in [1.29, 1.82) is 0 Å². The smallest absolute Gasteiger partial charge is 0.119 e. The Labute approximate surface area is 277 Å². The molecule has 0 bridgehead atoms. The molecular weight excluding hydrogens is 570 g/mol. The molecule has 3 fully saturated rings. The van der Waals surface area contributed by atoms with Crippen LogP contribution in [0.4, 0.5) is 0 Å². The Kier molecular flexibility index (Phi) is 10.3. The zero-order chi connectivity index (χ0) is 32.3. The quantitative estimate of drug-likeness (QED) is 0.0865. The van der Waals surface area contributed by atoms with Gasteiger partial charge in [-0.05, 0) is 87.2 Å². The zero-order valence-electron chi connectivity index (χ0n) is 29.0. The van der Waals surface area contributed by atoms with Crippen LogP contribution in [0.25, 0.3) is 0 Å². The maximum Gasteiger partial charge on any atom is 0.119 e. The van der Waals surface area contributed by atoms with Crippen molar-refractivity contribution in [1.82, 2.24) is 14.7 Å². The fourth-order valence-corrected chi connectivity index (χ4v) is 6.69. The molecule has 3 saturated heterocycles. The van der Waals surface area contributed by atoms with Crippen LogP contribution in [0.5, 0.6) is 17.2 Å². The molecular formula is C40H55N3O3. The topological polar surface area (TPSA) is 36.7 Å². The molecule has 6 heteroatoms. The standard InChI is InChI=1S/C40H55N3O3/c1-29(22-42-25-32(42)4)27-45-38-16-10-35(11-17-38)40(6,34-8-14-37(15-9-34)44-21-7-20-41-24-31(41)3)36-12-18-39(19-13-36)46-28-30(2)23-43-26-33(43)5/h8-19,29-33H,7,20-28H2,1-6H3. The van der Waals surface area contributed by atoms with Gasteiger partial charge >= 0.3 is 0 Å². The number of rotatable bonds is 18. The second kappa shape index (κ2) is 14.4. The van der Waals surface area contributed by atoms with E-state index in [9.17, 15) is 0 Å². The Balaban J connectivity index is 1.14. The van der Waals surface area contributed by atoms with E-state index in [0.29, 0.717) is 11.8 Å². The van der Waals surface area contributed by atoms with Gasteiger partial charge in [-0.15, -0.1) is 0 Å². The van der Waals surface area contributed by atoms with Crippen LogP contribution in [0.15, 0.2) is 72.8 Å². The lowest BCUT2D eigenvalue weighted by molar-refractivity contribution is 0.238. The second-order valence-electron chi connectivity index (χ2n) is 14.7. The fourth-order valence-electron chi connectivity index (χ4n) is 6.69.